The third-order valence-corrected chi connectivity index (χ3v) is 7.75. The lowest BCUT2D eigenvalue weighted by molar-refractivity contribution is 0.132. The predicted molar refractivity (Wildman–Crippen MR) is 149 cm³/mol. The summed E-state index contributed by atoms with van der Waals surface area (Å²) >= 11 is 1.85. The minimum atomic E-state index is -0.907. The van der Waals surface area contributed by atoms with Gasteiger partial charge in [-0.15, -0.1) is 16.9 Å². The summed E-state index contributed by atoms with van der Waals surface area (Å²) in [4.78, 5) is 23.1. The monoisotopic (exact) mass is 530 g/mol. The van der Waals surface area contributed by atoms with Crippen LogP contribution in [-0.2, 0) is 0 Å². The van der Waals surface area contributed by atoms with E-state index in [0.29, 0.717) is 36.2 Å². The summed E-state index contributed by atoms with van der Waals surface area (Å²) in [6, 6.07) is 14.1. The van der Waals surface area contributed by atoms with Crippen LogP contribution in [0.4, 0.5) is 10.7 Å². The molecule has 1 unspecified atom stereocenters. The Morgan fingerprint density at radius 2 is 2.08 bits per heavy atom. The van der Waals surface area contributed by atoms with Gasteiger partial charge in [-0.2, -0.15) is 5.10 Å². The van der Waals surface area contributed by atoms with Crippen LogP contribution in [0, 0.1) is 6.92 Å². The van der Waals surface area contributed by atoms with Crippen LogP contribution in [0.2, 0.25) is 0 Å². The molecule has 3 heterocycles. The summed E-state index contributed by atoms with van der Waals surface area (Å²) in [7, 11) is 0. The van der Waals surface area contributed by atoms with Gasteiger partial charge in [-0.25, -0.2) is 14.8 Å². The summed E-state index contributed by atoms with van der Waals surface area (Å²) in [5.41, 5.74) is 2.32. The highest BCUT2D eigenvalue weighted by molar-refractivity contribution is 7.99. The number of hydrogen-bond donors (Lipinski definition) is 2. The lowest BCUT2D eigenvalue weighted by Crippen LogP contribution is -2.44. The number of nitrogens with one attached hydrogen (secondary N) is 1. The van der Waals surface area contributed by atoms with Crippen LogP contribution in [0.5, 0.6) is 11.6 Å². The second-order valence-corrected chi connectivity index (χ2v) is 10.4. The fourth-order valence-electron chi connectivity index (χ4n) is 4.60. The molecule has 38 heavy (non-hydrogen) atoms. The number of hydrogen-bond acceptors (Lipinski definition) is 8. The van der Waals surface area contributed by atoms with Gasteiger partial charge in [0.25, 0.3) is 0 Å². The first-order valence-corrected chi connectivity index (χ1v) is 13.7. The van der Waals surface area contributed by atoms with Crippen LogP contribution in [0.1, 0.15) is 31.7 Å². The third-order valence-electron chi connectivity index (χ3n) is 6.47. The van der Waals surface area contributed by atoms with Crippen molar-refractivity contribution in [2.75, 3.05) is 24.2 Å². The molecular formula is C28H30N6O3S. The summed E-state index contributed by atoms with van der Waals surface area (Å²) < 4.78 is 6.46. The van der Waals surface area contributed by atoms with Crippen molar-refractivity contribution >= 4 is 34.6 Å². The molecule has 5 rings (SSSR count). The van der Waals surface area contributed by atoms with Gasteiger partial charge in [-0.1, -0.05) is 31.2 Å². The molecule has 1 atom stereocenters. The molecule has 1 saturated heterocycles. The molecule has 2 aromatic carbocycles. The molecule has 0 saturated carbocycles. The molecular weight excluding hydrogens is 500 g/mol. The zero-order valence-corrected chi connectivity index (χ0v) is 22.2. The smallest absolute Gasteiger partial charge is 0.407 e. The number of piperidine rings is 1. The molecule has 1 aliphatic rings. The second kappa shape index (κ2) is 11.6. The lowest BCUT2D eigenvalue weighted by Gasteiger charge is -2.31. The van der Waals surface area contributed by atoms with Crippen LogP contribution >= 0.6 is 11.8 Å². The average molecular weight is 531 g/mol. The number of aryl methyl sites for hydroxylation is 1. The lowest BCUT2D eigenvalue weighted by atomic mass is 10.1. The number of ether oxygens (including phenoxy) is 1. The van der Waals surface area contributed by atoms with Crippen LogP contribution in [0.3, 0.4) is 0 Å². The summed E-state index contributed by atoms with van der Waals surface area (Å²) in [5.74, 6) is 2.58. The first-order chi connectivity index (χ1) is 18.5. The van der Waals surface area contributed by atoms with E-state index < -0.39 is 6.09 Å². The fourth-order valence-corrected chi connectivity index (χ4v) is 5.53. The van der Waals surface area contributed by atoms with E-state index in [1.54, 1.807) is 18.5 Å². The molecule has 10 heteroatoms. The largest absolute Gasteiger partial charge is 0.465 e. The number of amides is 1. The van der Waals surface area contributed by atoms with E-state index in [1.807, 2.05) is 24.8 Å². The maximum atomic E-state index is 11.4. The van der Waals surface area contributed by atoms with E-state index >= 15 is 0 Å². The summed E-state index contributed by atoms with van der Waals surface area (Å²) in [6.07, 6.45) is 5.12. The molecule has 1 aliphatic heterocycles. The number of likely N-dealkylation sites (tertiary alicyclic amines) is 1. The second-order valence-electron chi connectivity index (χ2n) is 9.24. The zero-order chi connectivity index (χ0) is 26.5. The Labute approximate surface area is 225 Å². The molecule has 1 amide bonds. The SMILES string of the molecule is CCCSc1cccc2c(Oc3nnccc3-c3ccnc(NC4CCCN(C(=O)O)C4)n3)c(C)ccc12. The quantitative estimate of drug-likeness (QED) is 0.255. The topological polar surface area (TPSA) is 113 Å². The van der Waals surface area contributed by atoms with Crippen LogP contribution in [-0.4, -0.2) is 61.1 Å². The molecule has 2 aromatic heterocycles. The summed E-state index contributed by atoms with van der Waals surface area (Å²) in [5, 5.41) is 23.2. The van der Waals surface area contributed by atoms with Crippen molar-refractivity contribution < 1.29 is 14.6 Å². The van der Waals surface area contributed by atoms with E-state index in [4.69, 9.17) is 9.72 Å². The van der Waals surface area contributed by atoms with Crippen LogP contribution in [0.15, 0.2) is 59.8 Å². The van der Waals surface area contributed by atoms with Gasteiger partial charge in [0.15, 0.2) is 0 Å². The normalized spacial score (nSPS) is 15.4. The Balaban J connectivity index is 1.44. The van der Waals surface area contributed by atoms with Gasteiger partial charge in [-0.05, 0) is 61.1 Å². The van der Waals surface area contributed by atoms with Crippen LogP contribution in [0.25, 0.3) is 22.0 Å². The highest BCUT2D eigenvalue weighted by atomic mass is 32.2. The number of thioether (sulfide) groups is 1. The minimum absolute atomic E-state index is 0.0560. The highest BCUT2D eigenvalue weighted by Crippen LogP contribution is 2.39. The van der Waals surface area contributed by atoms with Crippen molar-refractivity contribution in [1.29, 1.82) is 0 Å². The zero-order valence-electron chi connectivity index (χ0n) is 21.4. The van der Waals surface area contributed by atoms with Crippen molar-refractivity contribution in [3.8, 4) is 22.9 Å². The van der Waals surface area contributed by atoms with Crippen molar-refractivity contribution in [3.05, 3.63) is 60.4 Å². The van der Waals surface area contributed by atoms with E-state index in [9.17, 15) is 9.90 Å². The van der Waals surface area contributed by atoms with Gasteiger partial charge < -0.3 is 20.1 Å². The Bertz CT molecular complexity index is 1450. The third kappa shape index (κ3) is 5.65. The maximum absolute atomic E-state index is 11.4. The number of nitrogens with zero attached hydrogens (tertiary/aromatic N) is 5. The van der Waals surface area contributed by atoms with Gasteiger partial charge in [0.1, 0.15) is 5.75 Å². The molecule has 1 fully saturated rings. The van der Waals surface area contributed by atoms with Gasteiger partial charge >= 0.3 is 6.09 Å². The number of fused-ring (bicyclic) bond motifs is 1. The van der Waals surface area contributed by atoms with Crippen molar-refractivity contribution in [2.24, 2.45) is 0 Å². The van der Waals surface area contributed by atoms with E-state index in [-0.39, 0.29) is 6.04 Å². The van der Waals surface area contributed by atoms with Gasteiger partial charge in [0, 0.05) is 35.6 Å². The predicted octanol–water partition coefficient (Wildman–Crippen LogP) is 6.24. The Hall–Kier alpha value is -3.92. The Morgan fingerprint density at radius 1 is 1.18 bits per heavy atom. The number of benzene rings is 2. The first kappa shape index (κ1) is 25.7. The molecule has 0 bridgehead atoms. The molecule has 0 aliphatic carbocycles. The Kier molecular flexibility index (Phi) is 7.88. The highest BCUT2D eigenvalue weighted by Gasteiger charge is 2.24. The number of rotatable bonds is 8. The van der Waals surface area contributed by atoms with Crippen LogP contribution < -0.4 is 10.1 Å². The van der Waals surface area contributed by atoms with E-state index in [0.717, 1.165) is 47.1 Å². The van der Waals surface area contributed by atoms with Crippen molar-refractivity contribution in [1.82, 2.24) is 25.1 Å². The molecule has 9 nitrogen and oxygen atoms in total. The number of anilines is 1. The van der Waals surface area contributed by atoms with Gasteiger partial charge in [-0.3, -0.25) is 0 Å². The molecule has 2 N–H and O–H groups in total. The molecule has 196 valence electrons. The van der Waals surface area contributed by atoms with E-state index in [1.165, 1.54) is 9.80 Å². The van der Waals surface area contributed by atoms with Crippen molar-refractivity contribution in [3.63, 3.8) is 0 Å². The van der Waals surface area contributed by atoms with Crippen molar-refractivity contribution in [2.45, 2.75) is 44.0 Å². The number of carbonyl (C=O) groups is 1. The molecule has 0 radical (unpaired) electrons. The van der Waals surface area contributed by atoms with Gasteiger partial charge in [0.05, 0.1) is 17.5 Å². The number of aromatic nitrogens is 4. The number of carboxylic acid groups (broad SMARTS) is 1. The first-order valence-electron chi connectivity index (χ1n) is 12.8. The molecule has 0 spiro atoms. The van der Waals surface area contributed by atoms with E-state index in [2.05, 4.69) is 57.8 Å². The maximum Gasteiger partial charge on any atom is 0.407 e. The molecule has 4 aromatic rings. The average Bonchev–Trinajstić information content (AvgIpc) is 2.94. The fraction of sp³-hybridized carbons (Fsp3) is 0.321. The summed E-state index contributed by atoms with van der Waals surface area (Å²) in [6.45, 7) is 5.14. The standard InChI is InChI=1S/C28H30N6O3S/c1-3-16-38-24-8-4-7-21-20(24)10-9-18(2)25(21)37-26-22(11-14-30-33-26)23-12-13-29-27(32-23)31-19-6-5-15-34(17-19)28(35)36/h4,7-14,19H,3,5-6,15-17H2,1-2H3,(H,35,36)(H,29,31,32). The van der Waals surface area contributed by atoms with Gasteiger partial charge in [0.2, 0.25) is 11.8 Å². The minimum Gasteiger partial charge on any atom is -0.465 e. The Morgan fingerprint density at radius 3 is 2.92 bits per heavy atom.